The van der Waals surface area contributed by atoms with Gasteiger partial charge < -0.3 is 5.32 Å². The summed E-state index contributed by atoms with van der Waals surface area (Å²) in [6.45, 7) is 8.07. The van der Waals surface area contributed by atoms with Gasteiger partial charge in [0.1, 0.15) is 6.04 Å². The second-order valence-corrected chi connectivity index (χ2v) is 3.81. The molecule has 0 aromatic heterocycles. The van der Waals surface area contributed by atoms with Crippen molar-refractivity contribution in [1.29, 1.82) is 0 Å². The second-order valence-electron chi connectivity index (χ2n) is 3.81. The lowest BCUT2D eigenvalue weighted by Crippen LogP contribution is -2.65. The van der Waals surface area contributed by atoms with Gasteiger partial charge >= 0.3 is 0 Å². The van der Waals surface area contributed by atoms with Gasteiger partial charge in [-0.3, -0.25) is 4.48 Å². The number of quaternary nitrogens is 1. The fourth-order valence-electron chi connectivity index (χ4n) is 2.37. The van der Waals surface area contributed by atoms with Gasteiger partial charge in [-0.05, 0) is 6.92 Å². The summed E-state index contributed by atoms with van der Waals surface area (Å²) in [4.78, 5) is 4.42. The first-order chi connectivity index (χ1) is 5.87. The minimum atomic E-state index is 0.793. The zero-order chi connectivity index (χ0) is 8.44. The summed E-state index contributed by atoms with van der Waals surface area (Å²) >= 11 is 0. The van der Waals surface area contributed by atoms with Crippen molar-refractivity contribution in [3.63, 3.8) is 0 Å². The van der Waals surface area contributed by atoms with Gasteiger partial charge in [0.25, 0.3) is 0 Å². The minimum Gasteiger partial charge on any atom is -0.306 e. The zero-order valence-electron chi connectivity index (χ0n) is 7.79. The molecule has 0 radical (unpaired) electrons. The Kier molecular flexibility index (Phi) is 2.15. The van der Waals surface area contributed by atoms with E-state index in [1.165, 1.54) is 26.1 Å². The van der Waals surface area contributed by atoms with Crippen molar-refractivity contribution < 1.29 is 4.48 Å². The number of nitrogens with zero attached hydrogens (tertiary/aromatic N) is 2. The lowest BCUT2D eigenvalue weighted by Gasteiger charge is -2.45. The molecule has 12 heavy (non-hydrogen) atoms. The summed E-state index contributed by atoms with van der Waals surface area (Å²) in [7, 11) is 0. The molecule has 0 amide bonds. The summed E-state index contributed by atoms with van der Waals surface area (Å²) < 4.78 is 1.13. The maximum absolute atomic E-state index is 4.42. The average Bonchev–Trinajstić information content (AvgIpc) is 2.18. The number of likely N-dealkylation sites (N-methyl/N-ethyl adjacent to an activating group) is 1. The van der Waals surface area contributed by atoms with E-state index in [-0.39, 0.29) is 0 Å². The SMILES string of the molecule is CC[N+]12C=NCCC1CNCC2. The summed E-state index contributed by atoms with van der Waals surface area (Å²) in [5.74, 6) is 0. The molecule has 0 spiro atoms. The monoisotopic (exact) mass is 168 g/mol. The molecule has 2 heterocycles. The standard InChI is InChI=1S/C9H18N3/c1-2-12-6-5-10-7-9(12)3-4-11-8-12/h8-10H,2-7H2,1H3/q+1. The van der Waals surface area contributed by atoms with Gasteiger partial charge in [0.05, 0.1) is 19.6 Å². The molecule has 1 N–H and O–H groups in total. The molecule has 3 heteroatoms. The van der Waals surface area contributed by atoms with Crippen LogP contribution < -0.4 is 5.32 Å². The zero-order valence-corrected chi connectivity index (χ0v) is 7.79. The molecule has 0 saturated carbocycles. The van der Waals surface area contributed by atoms with Crippen LogP contribution in [0.15, 0.2) is 4.99 Å². The van der Waals surface area contributed by atoms with Crippen LogP contribution in [0.25, 0.3) is 0 Å². The van der Waals surface area contributed by atoms with Crippen LogP contribution in [0, 0.1) is 0 Å². The molecule has 0 bridgehead atoms. The molecule has 68 valence electrons. The number of nitrogens with one attached hydrogen (secondary N) is 1. The summed E-state index contributed by atoms with van der Waals surface area (Å²) in [6, 6.07) is 0.793. The average molecular weight is 168 g/mol. The Morgan fingerprint density at radius 3 is 3.33 bits per heavy atom. The number of fused-ring (bicyclic) bond motifs is 1. The predicted octanol–water partition coefficient (Wildman–Crippen LogP) is 0.227. The van der Waals surface area contributed by atoms with Gasteiger partial charge in [0.2, 0.25) is 0 Å². The summed E-state index contributed by atoms with van der Waals surface area (Å²) in [5, 5.41) is 3.47. The molecule has 2 rings (SSSR count). The van der Waals surface area contributed by atoms with Gasteiger partial charge in [-0.1, -0.05) is 0 Å². The van der Waals surface area contributed by atoms with Crippen molar-refractivity contribution in [2.45, 2.75) is 19.4 Å². The fourth-order valence-corrected chi connectivity index (χ4v) is 2.37. The van der Waals surface area contributed by atoms with Crippen molar-refractivity contribution >= 4 is 6.34 Å². The lowest BCUT2D eigenvalue weighted by atomic mass is 10.1. The molecule has 0 aromatic rings. The minimum absolute atomic E-state index is 0.793. The molecule has 2 unspecified atom stereocenters. The Bertz CT molecular complexity index is 190. The van der Waals surface area contributed by atoms with E-state index in [0.29, 0.717) is 0 Å². The smallest absolute Gasteiger partial charge is 0.185 e. The topological polar surface area (TPSA) is 24.4 Å². The molecular weight excluding hydrogens is 150 g/mol. The van der Waals surface area contributed by atoms with Crippen LogP contribution in [0.4, 0.5) is 0 Å². The van der Waals surface area contributed by atoms with Crippen molar-refractivity contribution in [3.8, 4) is 0 Å². The third-order valence-corrected chi connectivity index (χ3v) is 3.30. The quantitative estimate of drug-likeness (QED) is 0.557. The maximum atomic E-state index is 4.42. The van der Waals surface area contributed by atoms with E-state index in [4.69, 9.17) is 0 Å². The molecule has 1 fully saturated rings. The molecule has 2 aliphatic heterocycles. The van der Waals surface area contributed by atoms with Gasteiger partial charge in [-0.2, -0.15) is 0 Å². The Morgan fingerprint density at radius 2 is 2.58 bits per heavy atom. The Hall–Kier alpha value is -0.410. The normalized spacial score (nSPS) is 40.9. The number of piperazine rings is 1. The summed E-state index contributed by atoms with van der Waals surface area (Å²) in [6.07, 6.45) is 3.45. The second kappa shape index (κ2) is 3.15. The first kappa shape index (κ1) is 8.20. The van der Waals surface area contributed by atoms with E-state index < -0.39 is 0 Å². The molecule has 2 atom stereocenters. The molecular formula is C9H18N3+. The van der Waals surface area contributed by atoms with E-state index in [9.17, 15) is 0 Å². The first-order valence-corrected chi connectivity index (χ1v) is 4.95. The van der Waals surface area contributed by atoms with E-state index in [0.717, 1.165) is 23.6 Å². The van der Waals surface area contributed by atoms with Crippen LogP contribution in [0.1, 0.15) is 13.3 Å². The van der Waals surface area contributed by atoms with Gasteiger partial charge in [0.15, 0.2) is 6.34 Å². The van der Waals surface area contributed by atoms with Crippen molar-refractivity contribution in [3.05, 3.63) is 0 Å². The Balaban J connectivity index is 2.20. The fraction of sp³-hybridized carbons (Fsp3) is 0.889. The molecule has 0 aliphatic carbocycles. The highest BCUT2D eigenvalue weighted by molar-refractivity contribution is 5.47. The van der Waals surface area contributed by atoms with Crippen molar-refractivity contribution in [2.75, 3.05) is 32.7 Å². The largest absolute Gasteiger partial charge is 0.306 e. The molecule has 0 aromatic carbocycles. The first-order valence-electron chi connectivity index (χ1n) is 4.95. The van der Waals surface area contributed by atoms with E-state index >= 15 is 0 Å². The van der Waals surface area contributed by atoms with Crippen molar-refractivity contribution in [1.82, 2.24) is 5.32 Å². The lowest BCUT2D eigenvalue weighted by molar-refractivity contribution is -0.864. The number of rotatable bonds is 1. The molecule has 3 nitrogen and oxygen atoms in total. The number of hydrogen-bond donors (Lipinski definition) is 1. The van der Waals surface area contributed by atoms with E-state index in [1.807, 2.05) is 0 Å². The third kappa shape index (κ3) is 1.17. The van der Waals surface area contributed by atoms with Gasteiger partial charge in [-0.25, -0.2) is 4.99 Å². The maximum Gasteiger partial charge on any atom is 0.185 e. The highest BCUT2D eigenvalue weighted by Gasteiger charge is 2.38. The van der Waals surface area contributed by atoms with E-state index in [2.05, 4.69) is 23.6 Å². The highest BCUT2D eigenvalue weighted by atomic mass is 15.4. The van der Waals surface area contributed by atoms with E-state index in [1.54, 1.807) is 0 Å². The Morgan fingerprint density at radius 1 is 1.67 bits per heavy atom. The van der Waals surface area contributed by atoms with Crippen molar-refractivity contribution in [2.24, 2.45) is 4.99 Å². The molecule has 2 aliphatic rings. The number of aliphatic imine (C=N–C) groups is 1. The highest BCUT2D eigenvalue weighted by Crippen LogP contribution is 2.19. The molecule has 1 saturated heterocycles. The Labute approximate surface area is 74.1 Å². The third-order valence-electron chi connectivity index (χ3n) is 3.30. The van der Waals surface area contributed by atoms with Crippen LogP contribution >= 0.6 is 0 Å². The predicted molar refractivity (Wildman–Crippen MR) is 50.3 cm³/mol. The van der Waals surface area contributed by atoms with Crippen LogP contribution in [-0.4, -0.2) is 49.6 Å². The number of hydrogen-bond acceptors (Lipinski definition) is 2. The van der Waals surface area contributed by atoms with Crippen LogP contribution in [0.2, 0.25) is 0 Å². The summed E-state index contributed by atoms with van der Waals surface area (Å²) in [5.41, 5.74) is 0. The van der Waals surface area contributed by atoms with Gasteiger partial charge in [-0.15, -0.1) is 0 Å². The van der Waals surface area contributed by atoms with Gasteiger partial charge in [0, 0.05) is 19.5 Å². The van der Waals surface area contributed by atoms with Crippen LogP contribution in [-0.2, 0) is 0 Å². The van der Waals surface area contributed by atoms with Crippen LogP contribution in [0.3, 0.4) is 0 Å². The van der Waals surface area contributed by atoms with Crippen LogP contribution in [0.5, 0.6) is 0 Å².